The van der Waals surface area contributed by atoms with E-state index in [0.29, 0.717) is 18.7 Å². The van der Waals surface area contributed by atoms with Crippen LogP contribution in [0.15, 0.2) is 40.8 Å². The topological polar surface area (TPSA) is 70.8 Å². The Morgan fingerprint density at radius 2 is 1.75 bits per heavy atom. The van der Waals surface area contributed by atoms with E-state index in [0.717, 1.165) is 6.26 Å². The average Bonchev–Trinajstić information content (AvgIpc) is 3.03. The molecule has 1 aromatic heterocycles. The molecule has 24 heavy (non-hydrogen) atoms. The molecule has 1 aliphatic heterocycles. The fourth-order valence-electron chi connectivity index (χ4n) is 2.64. The molecule has 0 radical (unpaired) electrons. The highest BCUT2D eigenvalue weighted by Crippen LogP contribution is 2.25. The van der Waals surface area contributed by atoms with E-state index >= 15 is 0 Å². The van der Waals surface area contributed by atoms with Crippen LogP contribution in [0.1, 0.15) is 10.6 Å². The van der Waals surface area contributed by atoms with Crippen LogP contribution in [0.3, 0.4) is 0 Å². The van der Waals surface area contributed by atoms with E-state index in [1.54, 1.807) is 24.3 Å². The van der Waals surface area contributed by atoms with Gasteiger partial charge in [-0.1, -0.05) is 12.1 Å². The van der Waals surface area contributed by atoms with E-state index in [-0.39, 0.29) is 30.5 Å². The summed E-state index contributed by atoms with van der Waals surface area (Å²) in [6, 6.07) is 9.23. The van der Waals surface area contributed by atoms with E-state index in [2.05, 4.69) is 0 Å². The highest BCUT2D eigenvalue weighted by Gasteiger charge is 2.28. The molecule has 0 bridgehead atoms. The van der Waals surface area contributed by atoms with Crippen molar-refractivity contribution >= 4 is 15.9 Å². The third-order valence-electron chi connectivity index (χ3n) is 3.95. The van der Waals surface area contributed by atoms with Crippen molar-refractivity contribution in [3.8, 4) is 11.3 Å². The Morgan fingerprint density at radius 1 is 1.08 bits per heavy atom. The molecule has 1 saturated heterocycles. The predicted octanol–water partition coefficient (Wildman–Crippen LogP) is 1.80. The lowest BCUT2D eigenvalue weighted by Crippen LogP contribution is -2.50. The SMILES string of the molecule is CS(=O)(=O)N1CCN(C(=O)c2ccc(-c3ccccc3F)o2)CC1. The van der Waals surface area contributed by atoms with Gasteiger partial charge in [0.1, 0.15) is 11.6 Å². The molecule has 0 saturated carbocycles. The van der Waals surface area contributed by atoms with Crippen molar-refractivity contribution in [1.29, 1.82) is 0 Å². The fraction of sp³-hybridized carbons (Fsp3) is 0.312. The largest absolute Gasteiger partial charge is 0.451 e. The van der Waals surface area contributed by atoms with Gasteiger partial charge in [0.05, 0.1) is 11.8 Å². The van der Waals surface area contributed by atoms with Crippen molar-refractivity contribution in [1.82, 2.24) is 9.21 Å². The summed E-state index contributed by atoms with van der Waals surface area (Å²) in [5.41, 5.74) is 0.290. The molecule has 0 unspecified atom stereocenters. The molecule has 0 N–H and O–H groups in total. The number of rotatable bonds is 3. The minimum absolute atomic E-state index is 0.112. The Morgan fingerprint density at radius 3 is 2.38 bits per heavy atom. The Labute approximate surface area is 139 Å². The monoisotopic (exact) mass is 352 g/mol. The van der Waals surface area contributed by atoms with Gasteiger partial charge >= 0.3 is 0 Å². The Hall–Kier alpha value is -2.19. The molecule has 1 aromatic carbocycles. The maximum Gasteiger partial charge on any atom is 0.289 e. The fourth-order valence-corrected chi connectivity index (χ4v) is 3.46. The third-order valence-corrected chi connectivity index (χ3v) is 5.25. The molecule has 1 amide bonds. The van der Waals surface area contributed by atoms with Gasteiger partial charge in [0.15, 0.2) is 5.76 Å². The number of halogens is 1. The van der Waals surface area contributed by atoms with Crippen molar-refractivity contribution in [2.75, 3.05) is 32.4 Å². The first-order valence-corrected chi connectivity index (χ1v) is 9.30. The second-order valence-electron chi connectivity index (χ2n) is 5.60. The minimum atomic E-state index is -3.25. The number of piperazine rings is 1. The zero-order valence-electron chi connectivity index (χ0n) is 13.1. The number of benzene rings is 1. The first-order chi connectivity index (χ1) is 11.4. The lowest BCUT2D eigenvalue weighted by atomic mass is 10.1. The number of hydrogen-bond acceptors (Lipinski definition) is 4. The van der Waals surface area contributed by atoms with Crippen molar-refractivity contribution in [2.24, 2.45) is 0 Å². The van der Waals surface area contributed by atoms with Gasteiger partial charge in [-0.15, -0.1) is 0 Å². The molecule has 2 heterocycles. The van der Waals surface area contributed by atoms with Crippen molar-refractivity contribution in [2.45, 2.75) is 0 Å². The van der Waals surface area contributed by atoms with Crippen LogP contribution < -0.4 is 0 Å². The van der Waals surface area contributed by atoms with E-state index < -0.39 is 15.8 Å². The molecule has 128 valence electrons. The number of carbonyl (C=O) groups excluding carboxylic acids is 1. The molecule has 8 heteroatoms. The van der Waals surface area contributed by atoms with Crippen LogP contribution in [-0.4, -0.2) is 56.0 Å². The summed E-state index contributed by atoms with van der Waals surface area (Å²) in [6.45, 7) is 1.10. The van der Waals surface area contributed by atoms with Gasteiger partial charge in [-0.25, -0.2) is 12.8 Å². The summed E-state index contributed by atoms with van der Waals surface area (Å²) in [5, 5.41) is 0. The van der Waals surface area contributed by atoms with Crippen LogP contribution in [-0.2, 0) is 10.0 Å². The molecule has 0 aliphatic carbocycles. The van der Waals surface area contributed by atoms with Crippen molar-refractivity contribution in [3.63, 3.8) is 0 Å². The predicted molar refractivity (Wildman–Crippen MR) is 86.4 cm³/mol. The van der Waals surface area contributed by atoms with Gasteiger partial charge in [0, 0.05) is 26.2 Å². The summed E-state index contributed by atoms with van der Waals surface area (Å²) >= 11 is 0. The van der Waals surface area contributed by atoms with Crippen LogP contribution >= 0.6 is 0 Å². The van der Waals surface area contributed by atoms with Crippen LogP contribution in [0.2, 0.25) is 0 Å². The number of nitrogens with zero attached hydrogens (tertiary/aromatic N) is 2. The highest BCUT2D eigenvalue weighted by atomic mass is 32.2. The molecule has 2 aromatic rings. The summed E-state index contributed by atoms with van der Waals surface area (Å²) in [7, 11) is -3.25. The van der Waals surface area contributed by atoms with Crippen LogP contribution in [0.5, 0.6) is 0 Å². The minimum Gasteiger partial charge on any atom is -0.451 e. The normalized spacial score (nSPS) is 16.3. The van der Waals surface area contributed by atoms with Crippen LogP contribution in [0.4, 0.5) is 4.39 Å². The van der Waals surface area contributed by atoms with Gasteiger partial charge in [-0.05, 0) is 24.3 Å². The average molecular weight is 352 g/mol. The Balaban J connectivity index is 1.72. The smallest absolute Gasteiger partial charge is 0.289 e. The summed E-state index contributed by atoms with van der Waals surface area (Å²) < 4.78 is 43.6. The van der Waals surface area contributed by atoms with Crippen LogP contribution in [0.25, 0.3) is 11.3 Å². The van der Waals surface area contributed by atoms with E-state index in [9.17, 15) is 17.6 Å². The first kappa shape index (κ1) is 16.7. The van der Waals surface area contributed by atoms with Gasteiger partial charge in [0.2, 0.25) is 10.0 Å². The second kappa shape index (κ2) is 6.37. The molecule has 0 atom stereocenters. The molecule has 3 rings (SSSR count). The lowest BCUT2D eigenvalue weighted by molar-refractivity contribution is 0.0667. The molecule has 1 aliphatic rings. The van der Waals surface area contributed by atoms with Gasteiger partial charge in [-0.3, -0.25) is 4.79 Å². The molecule has 6 nitrogen and oxygen atoms in total. The zero-order chi connectivity index (χ0) is 17.3. The maximum absolute atomic E-state index is 13.8. The van der Waals surface area contributed by atoms with Gasteiger partial charge in [-0.2, -0.15) is 4.31 Å². The highest BCUT2D eigenvalue weighted by molar-refractivity contribution is 7.88. The summed E-state index contributed by atoms with van der Waals surface area (Å²) in [6.07, 6.45) is 1.15. The standard InChI is InChI=1S/C16H17FN2O4S/c1-24(21,22)19-10-8-18(9-11-19)16(20)15-7-6-14(23-15)12-4-2-3-5-13(12)17/h2-7H,8-11H2,1H3. The first-order valence-electron chi connectivity index (χ1n) is 7.45. The maximum atomic E-state index is 13.8. The molecule has 1 fully saturated rings. The number of amides is 1. The molecule has 0 spiro atoms. The number of carbonyl (C=O) groups is 1. The summed E-state index contributed by atoms with van der Waals surface area (Å²) in [4.78, 5) is 14.0. The van der Waals surface area contributed by atoms with Gasteiger partial charge < -0.3 is 9.32 Å². The number of furan rings is 1. The number of sulfonamides is 1. The Bertz CT molecular complexity index is 854. The van der Waals surface area contributed by atoms with E-state index in [1.165, 1.54) is 21.3 Å². The van der Waals surface area contributed by atoms with Gasteiger partial charge in [0.25, 0.3) is 5.91 Å². The molecular formula is C16H17FN2O4S. The quantitative estimate of drug-likeness (QED) is 0.845. The lowest BCUT2D eigenvalue weighted by Gasteiger charge is -2.32. The van der Waals surface area contributed by atoms with Crippen molar-refractivity contribution < 1.29 is 22.0 Å². The second-order valence-corrected chi connectivity index (χ2v) is 7.58. The van der Waals surface area contributed by atoms with Crippen LogP contribution in [0, 0.1) is 5.82 Å². The molecular weight excluding hydrogens is 335 g/mol. The summed E-state index contributed by atoms with van der Waals surface area (Å²) in [5.74, 6) is -0.356. The third kappa shape index (κ3) is 3.34. The van der Waals surface area contributed by atoms with Crippen molar-refractivity contribution in [3.05, 3.63) is 48.0 Å². The Kier molecular flexibility index (Phi) is 4.42. The van der Waals surface area contributed by atoms with E-state index in [1.807, 2.05) is 0 Å². The van der Waals surface area contributed by atoms with E-state index in [4.69, 9.17) is 4.42 Å². The zero-order valence-corrected chi connectivity index (χ0v) is 13.9. The number of hydrogen-bond donors (Lipinski definition) is 0.